The normalized spacial score (nSPS) is 16.9. The molecule has 1 saturated heterocycles. The monoisotopic (exact) mass is 279 g/mol. The van der Waals surface area contributed by atoms with Crippen molar-refractivity contribution in [2.45, 2.75) is 32.7 Å². The molecule has 1 aliphatic rings. The van der Waals surface area contributed by atoms with Crippen LogP contribution in [0.4, 0.5) is 8.78 Å². The predicted molar refractivity (Wildman–Crippen MR) is 74.6 cm³/mol. The fourth-order valence-corrected chi connectivity index (χ4v) is 2.97. The van der Waals surface area contributed by atoms with Crippen LogP contribution in [0.15, 0.2) is 12.1 Å². The second-order valence-corrected chi connectivity index (χ2v) is 5.44. The minimum Gasteiger partial charge on any atom is -0.328 e. The Morgan fingerprint density at radius 1 is 1.25 bits per heavy atom. The molecule has 0 amide bonds. The first-order valence-electron chi connectivity index (χ1n) is 7.24. The molecule has 1 aromatic heterocycles. The molecule has 1 aromatic carbocycles. The SMILES string of the molecule is CCc1nc2cc(F)c(F)cc2n1CC1CCNCC1. The Labute approximate surface area is 117 Å². The largest absolute Gasteiger partial charge is 0.328 e. The van der Waals surface area contributed by atoms with E-state index in [0.717, 1.165) is 44.7 Å². The van der Waals surface area contributed by atoms with E-state index in [1.54, 1.807) is 0 Å². The van der Waals surface area contributed by atoms with Gasteiger partial charge in [-0.05, 0) is 31.8 Å². The lowest BCUT2D eigenvalue weighted by Crippen LogP contribution is -2.30. The van der Waals surface area contributed by atoms with Gasteiger partial charge >= 0.3 is 0 Å². The zero-order valence-electron chi connectivity index (χ0n) is 11.6. The highest BCUT2D eigenvalue weighted by Crippen LogP contribution is 2.24. The Kier molecular flexibility index (Phi) is 3.70. The van der Waals surface area contributed by atoms with E-state index in [4.69, 9.17) is 0 Å². The van der Waals surface area contributed by atoms with E-state index in [9.17, 15) is 8.78 Å². The highest BCUT2D eigenvalue weighted by Gasteiger charge is 2.18. The first-order valence-corrected chi connectivity index (χ1v) is 7.24. The predicted octanol–water partition coefficient (Wildman–Crippen LogP) is 2.88. The van der Waals surface area contributed by atoms with Crippen molar-refractivity contribution in [1.29, 1.82) is 0 Å². The summed E-state index contributed by atoms with van der Waals surface area (Å²) in [6.07, 6.45) is 3.00. The van der Waals surface area contributed by atoms with Crippen LogP contribution in [-0.2, 0) is 13.0 Å². The number of nitrogens with zero attached hydrogens (tertiary/aromatic N) is 2. The summed E-state index contributed by atoms with van der Waals surface area (Å²) in [5.74, 6) is -0.145. The van der Waals surface area contributed by atoms with Crippen LogP contribution in [0.5, 0.6) is 0 Å². The van der Waals surface area contributed by atoms with Gasteiger partial charge in [0.2, 0.25) is 0 Å². The summed E-state index contributed by atoms with van der Waals surface area (Å²) in [4.78, 5) is 4.44. The van der Waals surface area contributed by atoms with Gasteiger partial charge in [-0.2, -0.15) is 0 Å². The van der Waals surface area contributed by atoms with Crippen molar-refractivity contribution in [1.82, 2.24) is 14.9 Å². The maximum absolute atomic E-state index is 13.5. The summed E-state index contributed by atoms with van der Waals surface area (Å²) in [6, 6.07) is 2.47. The lowest BCUT2D eigenvalue weighted by molar-refractivity contribution is 0.333. The zero-order valence-corrected chi connectivity index (χ0v) is 11.6. The van der Waals surface area contributed by atoms with Gasteiger partial charge < -0.3 is 9.88 Å². The fourth-order valence-electron chi connectivity index (χ4n) is 2.97. The molecule has 0 bridgehead atoms. The van der Waals surface area contributed by atoms with E-state index in [1.165, 1.54) is 12.1 Å². The number of hydrogen-bond donors (Lipinski definition) is 1. The number of fused-ring (bicyclic) bond motifs is 1. The number of rotatable bonds is 3. The third-order valence-corrected chi connectivity index (χ3v) is 4.09. The Morgan fingerprint density at radius 2 is 1.95 bits per heavy atom. The third kappa shape index (κ3) is 2.42. The van der Waals surface area contributed by atoms with Crippen molar-refractivity contribution in [3.05, 3.63) is 29.6 Å². The highest BCUT2D eigenvalue weighted by atomic mass is 19.2. The topological polar surface area (TPSA) is 29.9 Å². The molecule has 0 atom stereocenters. The summed E-state index contributed by atoms with van der Waals surface area (Å²) >= 11 is 0. The van der Waals surface area contributed by atoms with Crippen LogP contribution in [0.3, 0.4) is 0 Å². The van der Waals surface area contributed by atoms with Crippen LogP contribution in [0.2, 0.25) is 0 Å². The van der Waals surface area contributed by atoms with Crippen LogP contribution in [0.25, 0.3) is 11.0 Å². The zero-order chi connectivity index (χ0) is 14.1. The van der Waals surface area contributed by atoms with Crippen molar-refractivity contribution in [3.8, 4) is 0 Å². The molecular weight excluding hydrogens is 260 g/mol. The number of imidazole rings is 1. The van der Waals surface area contributed by atoms with Gasteiger partial charge in [0, 0.05) is 25.1 Å². The molecule has 0 spiro atoms. The van der Waals surface area contributed by atoms with Gasteiger partial charge in [-0.3, -0.25) is 0 Å². The van der Waals surface area contributed by atoms with E-state index >= 15 is 0 Å². The van der Waals surface area contributed by atoms with Gasteiger partial charge in [-0.1, -0.05) is 6.92 Å². The number of aryl methyl sites for hydroxylation is 1. The summed E-state index contributed by atoms with van der Waals surface area (Å²) in [7, 11) is 0. The molecule has 1 N–H and O–H groups in total. The smallest absolute Gasteiger partial charge is 0.161 e. The lowest BCUT2D eigenvalue weighted by Gasteiger charge is -2.24. The number of aromatic nitrogens is 2. The van der Waals surface area contributed by atoms with Crippen molar-refractivity contribution >= 4 is 11.0 Å². The molecule has 2 heterocycles. The molecule has 0 aliphatic carbocycles. The van der Waals surface area contributed by atoms with Crippen LogP contribution >= 0.6 is 0 Å². The molecule has 0 saturated carbocycles. The van der Waals surface area contributed by atoms with Crippen LogP contribution < -0.4 is 5.32 Å². The Bertz CT molecular complexity index is 615. The van der Waals surface area contributed by atoms with Crippen molar-refractivity contribution < 1.29 is 8.78 Å². The first kappa shape index (κ1) is 13.5. The van der Waals surface area contributed by atoms with Crippen molar-refractivity contribution in [3.63, 3.8) is 0 Å². The quantitative estimate of drug-likeness (QED) is 0.936. The average Bonchev–Trinajstić information content (AvgIpc) is 2.78. The van der Waals surface area contributed by atoms with Crippen LogP contribution in [0, 0.1) is 17.6 Å². The number of benzene rings is 1. The lowest BCUT2D eigenvalue weighted by atomic mass is 9.98. The molecule has 0 unspecified atom stereocenters. The van der Waals surface area contributed by atoms with Gasteiger partial charge in [-0.25, -0.2) is 13.8 Å². The molecule has 0 radical (unpaired) electrons. The van der Waals surface area contributed by atoms with Crippen molar-refractivity contribution in [2.75, 3.05) is 13.1 Å². The molecule has 3 rings (SSSR count). The summed E-state index contributed by atoms with van der Waals surface area (Å²) in [6.45, 7) is 4.92. The molecule has 1 aliphatic heterocycles. The van der Waals surface area contributed by atoms with Crippen LogP contribution in [0.1, 0.15) is 25.6 Å². The Balaban J connectivity index is 2.00. The number of nitrogens with one attached hydrogen (secondary N) is 1. The summed E-state index contributed by atoms with van der Waals surface area (Å²) in [5.41, 5.74) is 1.26. The van der Waals surface area contributed by atoms with Gasteiger partial charge in [-0.15, -0.1) is 0 Å². The minimum absolute atomic E-state index is 0.551. The Morgan fingerprint density at radius 3 is 2.65 bits per heavy atom. The number of piperidine rings is 1. The number of hydrogen-bond acceptors (Lipinski definition) is 2. The van der Waals surface area contributed by atoms with E-state index < -0.39 is 11.6 Å². The third-order valence-electron chi connectivity index (χ3n) is 4.09. The molecule has 20 heavy (non-hydrogen) atoms. The maximum Gasteiger partial charge on any atom is 0.161 e. The Hall–Kier alpha value is -1.49. The number of halogens is 2. The minimum atomic E-state index is -0.827. The molecule has 108 valence electrons. The highest BCUT2D eigenvalue weighted by molar-refractivity contribution is 5.76. The van der Waals surface area contributed by atoms with Crippen LogP contribution in [-0.4, -0.2) is 22.6 Å². The summed E-state index contributed by atoms with van der Waals surface area (Å²) in [5, 5.41) is 3.34. The van der Waals surface area contributed by atoms with E-state index in [1.807, 2.05) is 6.92 Å². The molecule has 5 heteroatoms. The van der Waals surface area contributed by atoms with Gasteiger partial charge in [0.25, 0.3) is 0 Å². The summed E-state index contributed by atoms with van der Waals surface area (Å²) < 4.78 is 28.9. The second kappa shape index (κ2) is 5.48. The molecule has 2 aromatic rings. The maximum atomic E-state index is 13.5. The van der Waals surface area contributed by atoms with E-state index in [2.05, 4.69) is 14.9 Å². The fraction of sp³-hybridized carbons (Fsp3) is 0.533. The molecule has 3 nitrogen and oxygen atoms in total. The van der Waals surface area contributed by atoms with Gasteiger partial charge in [0.1, 0.15) is 5.82 Å². The van der Waals surface area contributed by atoms with Crippen molar-refractivity contribution in [2.24, 2.45) is 5.92 Å². The standard InChI is InChI=1S/C15H19F2N3/c1-2-15-19-13-7-11(16)12(17)8-14(13)20(15)9-10-3-5-18-6-4-10/h7-8,10,18H,2-6,9H2,1H3. The molecule has 1 fully saturated rings. The van der Waals surface area contributed by atoms with Gasteiger partial charge in [0.05, 0.1) is 11.0 Å². The van der Waals surface area contributed by atoms with E-state index in [-0.39, 0.29) is 0 Å². The second-order valence-electron chi connectivity index (χ2n) is 5.44. The average molecular weight is 279 g/mol. The van der Waals surface area contributed by atoms with Gasteiger partial charge in [0.15, 0.2) is 11.6 Å². The van der Waals surface area contributed by atoms with E-state index in [0.29, 0.717) is 17.0 Å². The molecular formula is C15H19F2N3. The first-order chi connectivity index (χ1) is 9.69.